The summed E-state index contributed by atoms with van der Waals surface area (Å²) in [5.74, 6) is 0.525. The van der Waals surface area contributed by atoms with E-state index in [1.807, 2.05) is 43.0 Å². The fourth-order valence-electron chi connectivity index (χ4n) is 4.73. The van der Waals surface area contributed by atoms with Crippen LogP contribution in [0.4, 0.5) is 0 Å². The highest BCUT2D eigenvalue weighted by atomic mass is 16.5. The predicted molar refractivity (Wildman–Crippen MR) is 134 cm³/mol. The number of carbonyl (C=O) groups is 3. The summed E-state index contributed by atoms with van der Waals surface area (Å²) in [4.78, 5) is 42.5. The molecule has 1 aromatic heterocycles. The van der Waals surface area contributed by atoms with Crippen LogP contribution in [0.3, 0.4) is 0 Å². The van der Waals surface area contributed by atoms with E-state index in [-0.39, 0.29) is 23.7 Å². The Morgan fingerprint density at radius 1 is 1.11 bits per heavy atom. The summed E-state index contributed by atoms with van der Waals surface area (Å²) in [5.41, 5.74) is 4.26. The van der Waals surface area contributed by atoms with Crippen LogP contribution < -0.4 is 10.1 Å². The molecule has 8 nitrogen and oxygen atoms in total. The SMILES string of the molecule is CCOC(=O)c1[nH]c(C)c(CCC(=O)N2CCC(C(=O)NCCc3ccccc3OC)CC2)c1C. The molecule has 0 aliphatic carbocycles. The average Bonchev–Trinajstić information content (AvgIpc) is 3.16. The number of methoxy groups -OCH3 is 1. The van der Waals surface area contributed by atoms with E-state index in [9.17, 15) is 14.4 Å². The van der Waals surface area contributed by atoms with E-state index >= 15 is 0 Å². The van der Waals surface area contributed by atoms with Crippen LogP contribution in [-0.2, 0) is 27.2 Å². The zero-order valence-electron chi connectivity index (χ0n) is 21.2. The summed E-state index contributed by atoms with van der Waals surface area (Å²) < 4.78 is 10.5. The molecule has 190 valence electrons. The molecule has 0 atom stereocenters. The number of nitrogens with one attached hydrogen (secondary N) is 2. The zero-order valence-corrected chi connectivity index (χ0v) is 21.2. The van der Waals surface area contributed by atoms with E-state index in [0.717, 1.165) is 28.1 Å². The van der Waals surface area contributed by atoms with Crippen LogP contribution in [0.25, 0.3) is 0 Å². The topological polar surface area (TPSA) is 101 Å². The Hall–Kier alpha value is -3.29. The number of aryl methyl sites for hydroxylation is 1. The number of benzene rings is 1. The maximum atomic E-state index is 12.8. The van der Waals surface area contributed by atoms with Gasteiger partial charge in [-0.2, -0.15) is 0 Å². The van der Waals surface area contributed by atoms with Crippen LogP contribution in [0.1, 0.15) is 59.1 Å². The molecular formula is C27H37N3O5. The number of H-pyrrole nitrogens is 1. The highest BCUT2D eigenvalue weighted by Crippen LogP contribution is 2.23. The minimum Gasteiger partial charge on any atom is -0.496 e. The molecule has 0 saturated carbocycles. The van der Waals surface area contributed by atoms with Crippen LogP contribution in [0, 0.1) is 19.8 Å². The number of nitrogens with zero attached hydrogens (tertiary/aromatic N) is 1. The standard InChI is InChI=1S/C27H37N3O5/c1-5-35-27(33)25-18(2)22(19(3)29-25)10-11-24(31)30-16-13-21(14-17-30)26(32)28-15-12-20-8-6-7-9-23(20)34-4/h6-9,21,29H,5,10-17H2,1-4H3,(H,28,32). The second-order valence-electron chi connectivity index (χ2n) is 8.96. The molecule has 8 heteroatoms. The third-order valence-electron chi connectivity index (χ3n) is 6.77. The first-order valence-electron chi connectivity index (χ1n) is 12.4. The first-order valence-corrected chi connectivity index (χ1v) is 12.4. The number of hydrogen-bond donors (Lipinski definition) is 2. The van der Waals surface area contributed by atoms with Crippen molar-refractivity contribution in [3.8, 4) is 5.75 Å². The summed E-state index contributed by atoms with van der Waals surface area (Å²) >= 11 is 0. The number of para-hydroxylation sites is 1. The van der Waals surface area contributed by atoms with Gasteiger partial charge in [-0.05, 0) is 69.2 Å². The van der Waals surface area contributed by atoms with Crippen molar-refractivity contribution in [1.29, 1.82) is 0 Å². The number of amides is 2. The Bertz CT molecular complexity index is 1040. The van der Waals surface area contributed by atoms with E-state index in [2.05, 4.69) is 10.3 Å². The summed E-state index contributed by atoms with van der Waals surface area (Å²) in [6, 6.07) is 7.81. The van der Waals surface area contributed by atoms with Crippen molar-refractivity contribution in [3.05, 3.63) is 52.3 Å². The van der Waals surface area contributed by atoms with Gasteiger partial charge in [-0.25, -0.2) is 4.79 Å². The quantitative estimate of drug-likeness (QED) is 0.505. The van der Waals surface area contributed by atoms with Crippen LogP contribution in [0.2, 0.25) is 0 Å². The van der Waals surface area contributed by atoms with Crippen molar-refractivity contribution in [2.24, 2.45) is 5.92 Å². The number of hydrogen-bond acceptors (Lipinski definition) is 5. The lowest BCUT2D eigenvalue weighted by molar-refractivity contribution is -0.135. The molecule has 2 amide bonds. The Kier molecular flexibility index (Phi) is 9.34. The van der Waals surface area contributed by atoms with Crippen molar-refractivity contribution < 1.29 is 23.9 Å². The zero-order chi connectivity index (χ0) is 25.4. The lowest BCUT2D eigenvalue weighted by atomic mass is 9.95. The predicted octanol–water partition coefficient (Wildman–Crippen LogP) is 3.35. The van der Waals surface area contributed by atoms with Gasteiger partial charge in [-0.15, -0.1) is 0 Å². The monoisotopic (exact) mass is 483 g/mol. The summed E-state index contributed by atoms with van der Waals surface area (Å²) in [6.45, 7) is 7.62. The number of ether oxygens (including phenoxy) is 2. The van der Waals surface area contributed by atoms with Crippen molar-refractivity contribution in [1.82, 2.24) is 15.2 Å². The van der Waals surface area contributed by atoms with Gasteiger partial charge in [0.05, 0.1) is 13.7 Å². The molecule has 35 heavy (non-hydrogen) atoms. The number of aromatic nitrogens is 1. The summed E-state index contributed by atoms with van der Waals surface area (Å²) in [7, 11) is 1.65. The molecule has 1 fully saturated rings. The Labute approximate surface area is 207 Å². The van der Waals surface area contributed by atoms with Crippen molar-refractivity contribution in [2.45, 2.75) is 52.9 Å². The second kappa shape index (κ2) is 12.4. The van der Waals surface area contributed by atoms with Gasteiger partial charge in [0.2, 0.25) is 11.8 Å². The maximum absolute atomic E-state index is 12.8. The first kappa shape index (κ1) is 26.3. The van der Waals surface area contributed by atoms with E-state index in [1.165, 1.54) is 0 Å². The van der Waals surface area contributed by atoms with Crippen LogP contribution >= 0.6 is 0 Å². The van der Waals surface area contributed by atoms with Crippen molar-refractivity contribution in [2.75, 3.05) is 33.4 Å². The highest BCUT2D eigenvalue weighted by Gasteiger charge is 2.27. The van der Waals surface area contributed by atoms with Gasteiger partial charge >= 0.3 is 5.97 Å². The molecule has 2 heterocycles. The Balaban J connectivity index is 1.43. The number of likely N-dealkylation sites (tertiary alicyclic amines) is 1. The molecule has 0 spiro atoms. The number of aromatic amines is 1. The minimum atomic E-state index is -0.367. The van der Waals surface area contributed by atoms with Gasteiger partial charge < -0.3 is 24.7 Å². The first-order chi connectivity index (χ1) is 16.8. The van der Waals surface area contributed by atoms with E-state index in [0.29, 0.717) is 64.0 Å². The Morgan fingerprint density at radius 3 is 2.51 bits per heavy atom. The van der Waals surface area contributed by atoms with E-state index in [4.69, 9.17) is 9.47 Å². The molecule has 0 bridgehead atoms. The molecule has 2 aromatic rings. The molecule has 1 aliphatic heterocycles. The normalized spacial score (nSPS) is 14.0. The highest BCUT2D eigenvalue weighted by molar-refractivity contribution is 5.90. The Morgan fingerprint density at radius 2 is 1.83 bits per heavy atom. The number of piperidine rings is 1. The van der Waals surface area contributed by atoms with Gasteiger partial charge in [0, 0.05) is 37.7 Å². The van der Waals surface area contributed by atoms with Gasteiger partial charge in [-0.1, -0.05) is 18.2 Å². The van der Waals surface area contributed by atoms with Crippen LogP contribution in [0.5, 0.6) is 5.75 Å². The lowest BCUT2D eigenvalue weighted by Crippen LogP contribution is -2.43. The molecule has 1 saturated heterocycles. The summed E-state index contributed by atoms with van der Waals surface area (Å²) in [6.07, 6.45) is 2.99. The minimum absolute atomic E-state index is 0.0528. The third kappa shape index (κ3) is 6.65. The largest absolute Gasteiger partial charge is 0.496 e. The van der Waals surface area contributed by atoms with Gasteiger partial charge in [-0.3, -0.25) is 9.59 Å². The van der Waals surface area contributed by atoms with Crippen molar-refractivity contribution in [3.63, 3.8) is 0 Å². The smallest absolute Gasteiger partial charge is 0.355 e. The molecule has 0 radical (unpaired) electrons. The van der Waals surface area contributed by atoms with Crippen LogP contribution in [-0.4, -0.2) is 61.0 Å². The van der Waals surface area contributed by atoms with Crippen LogP contribution in [0.15, 0.2) is 24.3 Å². The molecule has 1 aliphatic rings. The van der Waals surface area contributed by atoms with Gasteiger partial charge in [0.25, 0.3) is 0 Å². The van der Waals surface area contributed by atoms with Gasteiger partial charge in [0.1, 0.15) is 11.4 Å². The fraction of sp³-hybridized carbons (Fsp3) is 0.519. The summed E-state index contributed by atoms with van der Waals surface area (Å²) in [5, 5.41) is 3.04. The number of carbonyl (C=O) groups excluding carboxylic acids is 3. The van der Waals surface area contributed by atoms with E-state index < -0.39 is 0 Å². The molecular weight excluding hydrogens is 446 g/mol. The lowest BCUT2D eigenvalue weighted by Gasteiger charge is -2.31. The van der Waals surface area contributed by atoms with E-state index in [1.54, 1.807) is 14.0 Å². The fourth-order valence-corrected chi connectivity index (χ4v) is 4.73. The third-order valence-corrected chi connectivity index (χ3v) is 6.77. The van der Waals surface area contributed by atoms with Crippen molar-refractivity contribution >= 4 is 17.8 Å². The molecule has 0 unspecified atom stereocenters. The van der Waals surface area contributed by atoms with Gasteiger partial charge in [0.15, 0.2) is 0 Å². The number of rotatable bonds is 10. The second-order valence-corrected chi connectivity index (χ2v) is 8.96. The maximum Gasteiger partial charge on any atom is 0.355 e. The molecule has 2 N–H and O–H groups in total. The molecule has 1 aromatic carbocycles. The molecule has 3 rings (SSSR count). The number of esters is 1. The average molecular weight is 484 g/mol.